The van der Waals surface area contributed by atoms with E-state index in [-0.39, 0.29) is 0 Å². The zero-order valence-electron chi connectivity index (χ0n) is 26.7. The Hall–Kier alpha value is -6.01. The van der Waals surface area contributed by atoms with Gasteiger partial charge in [-0.1, -0.05) is 146 Å². The van der Waals surface area contributed by atoms with E-state index in [4.69, 9.17) is 15.0 Å². The monoisotopic (exact) mass is 673 g/mol. The normalized spacial score (nSPS) is 11.6. The number of rotatable bonds is 5. The summed E-state index contributed by atoms with van der Waals surface area (Å²) >= 11 is 3.69. The van der Waals surface area contributed by atoms with Crippen molar-refractivity contribution in [3.05, 3.63) is 164 Å². The highest BCUT2D eigenvalue weighted by molar-refractivity contribution is 7.27. The fraction of sp³-hybridized carbons (Fsp3) is 0. The van der Waals surface area contributed by atoms with E-state index < -0.39 is 0 Å². The molecule has 3 nitrogen and oxygen atoms in total. The molecule has 3 aromatic heterocycles. The molecular weight excluding hydrogens is 647 g/mol. The van der Waals surface area contributed by atoms with Crippen LogP contribution in [0.2, 0.25) is 0 Å². The van der Waals surface area contributed by atoms with Crippen LogP contribution < -0.4 is 0 Å². The fourth-order valence-corrected chi connectivity index (χ4v) is 9.50. The minimum atomic E-state index is 0.668. The Labute approximate surface area is 296 Å². The predicted molar refractivity (Wildman–Crippen MR) is 213 cm³/mol. The summed E-state index contributed by atoms with van der Waals surface area (Å²) in [5.41, 5.74) is 7.94. The Morgan fingerprint density at radius 2 is 0.900 bits per heavy atom. The molecule has 0 atom stereocenters. The van der Waals surface area contributed by atoms with Crippen molar-refractivity contribution in [2.45, 2.75) is 0 Å². The molecule has 0 N–H and O–H groups in total. The molecule has 10 aromatic rings. The molecule has 7 aromatic carbocycles. The van der Waals surface area contributed by atoms with Crippen molar-refractivity contribution in [1.82, 2.24) is 15.0 Å². The molecule has 0 spiro atoms. The van der Waals surface area contributed by atoms with Gasteiger partial charge >= 0.3 is 0 Å². The van der Waals surface area contributed by atoms with Crippen LogP contribution in [0.15, 0.2) is 164 Å². The molecule has 0 aliphatic rings. The van der Waals surface area contributed by atoms with Crippen LogP contribution in [0.1, 0.15) is 0 Å². The zero-order chi connectivity index (χ0) is 33.0. The molecular formula is C45H27N3S2. The van der Waals surface area contributed by atoms with Crippen LogP contribution in [0.5, 0.6) is 0 Å². The van der Waals surface area contributed by atoms with Crippen molar-refractivity contribution in [2.24, 2.45) is 0 Å². The van der Waals surface area contributed by atoms with Crippen molar-refractivity contribution >= 4 is 63.0 Å². The summed E-state index contributed by atoms with van der Waals surface area (Å²) in [5.74, 6) is 2.01. The molecule has 0 bridgehead atoms. The second-order valence-corrected chi connectivity index (χ2v) is 14.5. The van der Waals surface area contributed by atoms with Crippen molar-refractivity contribution in [3.8, 4) is 56.4 Å². The van der Waals surface area contributed by atoms with E-state index in [1.807, 2.05) is 59.1 Å². The Morgan fingerprint density at radius 3 is 1.62 bits per heavy atom. The van der Waals surface area contributed by atoms with Gasteiger partial charge in [0.25, 0.3) is 0 Å². The minimum absolute atomic E-state index is 0.668. The first-order valence-corrected chi connectivity index (χ1v) is 18.2. The molecule has 0 amide bonds. The minimum Gasteiger partial charge on any atom is -0.208 e. The van der Waals surface area contributed by atoms with Gasteiger partial charge in [0.1, 0.15) is 0 Å². The largest absolute Gasteiger partial charge is 0.208 e. The van der Waals surface area contributed by atoms with Gasteiger partial charge in [0.15, 0.2) is 17.5 Å². The smallest absolute Gasteiger partial charge is 0.165 e. The van der Waals surface area contributed by atoms with Gasteiger partial charge in [-0.3, -0.25) is 0 Å². The van der Waals surface area contributed by atoms with Crippen molar-refractivity contribution < 1.29 is 0 Å². The Morgan fingerprint density at radius 1 is 0.320 bits per heavy atom. The molecule has 5 heteroatoms. The lowest BCUT2D eigenvalue weighted by Gasteiger charge is -2.10. The fourth-order valence-electron chi connectivity index (χ4n) is 6.98. The van der Waals surface area contributed by atoms with E-state index in [2.05, 4.69) is 127 Å². The van der Waals surface area contributed by atoms with E-state index in [1.54, 1.807) is 0 Å². The van der Waals surface area contributed by atoms with Crippen molar-refractivity contribution in [3.63, 3.8) is 0 Å². The maximum atomic E-state index is 5.06. The number of benzene rings is 7. The number of nitrogens with zero attached hydrogens (tertiary/aromatic N) is 3. The maximum absolute atomic E-state index is 5.06. The number of hydrogen-bond acceptors (Lipinski definition) is 5. The van der Waals surface area contributed by atoms with Crippen LogP contribution in [-0.4, -0.2) is 15.0 Å². The average molecular weight is 674 g/mol. The Kier molecular flexibility index (Phi) is 6.86. The van der Waals surface area contributed by atoms with Gasteiger partial charge in [0.2, 0.25) is 0 Å². The molecule has 0 fully saturated rings. The lowest BCUT2D eigenvalue weighted by atomic mass is 9.94. The van der Waals surface area contributed by atoms with Crippen LogP contribution in [0, 0.1) is 0 Å². The maximum Gasteiger partial charge on any atom is 0.165 e. The molecule has 10 rings (SSSR count). The van der Waals surface area contributed by atoms with E-state index in [1.165, 1.54) is 62.6 Å². The lowest BCUT2D eigenvalue weighted by Crippen LogP contribution is -2.00. The molecule has 50 heavy (non-hydrogen) atoms. The van der Waals surface area contributed by atoms with Gasteiger partial charge in [0, 0.05) is 57.0 Å². The second-order valence-electron chi connectivity index (χ2n) is 12.4. The summed E-state index contributed by atoms with van der Waals surface area (Å²) in [4.78, 5) is 15.0. The first-order chi connectivity index (χ1) is 24.8. The third-order valence-electron chi connectivity index (χ3n) is 9.36. The van der Waals surface area contributed by atoms with Gasteiger partial charge in [0.05, 0.1) is 0 Å². The summed E-state index contributed by atoms with van der Waals surface area (Å²) in [7, 11) is 0. The number of hydrogen-bond donors (Lipinski definition) is 0. The SMILES string of the molecule is c1ccc(-c2nc(-c3ccccc3)nc(-c3cccc4c3sc3cc(-c5ccc(-c6ccccc6)c6c5sc5ccccc56)ccc34)n2)cc1. The summed E-state index contributed by atoms with van der Waals surface area (Å²) in [6.45, 7) is 0. The highest BCUT2D eigenvalue weighted by Crippen LogP contribution is 2.46. The van der Waals surface area contributed by atoms with Gasteiger partial charge in [-0.2, -0.15) is 0 Å². The molecule has 234 valence electrons. The Balaban J connectivity index is 1.15. The van der Waals surface area contributed by atoms with E-state index in [0.717, 1.165) is 16.7 Å². The number of fused-ring (bicyclic) bond motifs is 6. The lowest BCUT2D eigenvalue weighted by molar-refractivity contribution is 1.08. The van der Waals surface area contributed by atoms with E-state index >= 15 is 0 Å². The summed E-state index contributed by atoms with van der Waals surface area (Å²) in [6, 6.07) is 57.9. The molecule has 0 saturated carbocycles. The highest BCUT2D eigenvalue weighted by atomic mass is 32.1. The predicted octanol–water partition coefficient (Wildman–Crippen LogP) is 12.9. The zero-order valence-corrected chi connectivity index (χ0v) is 28.4. The Bertz CT molecular complexity index is 2800. The van der Waals surface area contributed by atoms with Crippen LogP contribution in [0.3, 0.4) is 0 Å². The van der Waals surface area contributed by atoms with Crippen LogP contribution in [0.4, 0.5) is 0 Å². The number of thiophene rings is 2. The van der Waals surface area contributed by atoms with Crippen LogP contribution in [-0.2, 0) is 0 Å². The molecule has 0 aliphatic heterocycles. The summed E-state index contributed by atoms with van der Waals surface area (Å²) in [5, 5.41) is 5.09. The standard InChI is InChI=1S/C45H27N3S2/c1-4-13-28(14-5-1)32-25-26-33(42-40(32)36-19-10-11-22-38(36)49-42)31-23-24-34-35-20-12-21-37(41(35)50-39(34)27-31)45-47-43(29-15-6-2-7-16-29)46-44(48-45)30-17-8-3-9-18-30/h1-27H. The molecule has 0 saturated heterocycles. The molecule has 0 aliphatic carbocycles. The van der Waals surface area contributed by atoms with E-state index in [9.17, 15) is 0 Å². The van der Waals surface area contributed by atoms with Crippen LogP contribution in [0.25, 0.3) is 96.8 Å². The topological polar surface area (TPSA) is 38.7 Å². The van der Waals surface area contributed by atoms with Gasteiger partial charge in [-0.15, -0.1) is 22.7 Å². The van der Waals surface area contributed by atoms with Crippen molar-refractivity contribution in [1.29, 1.82) is 0 Å². The van der Waals surface area contributed by atoms with Crippen molar-refractivity contribution in [2.75, 3.05) is 0 Å². The first-order valence-electron chi connectivity index (χ1n) is 16.6. The molecule has 0 radical (unpaired) electrons. The second kappa shape index (κ2) is 11.8. The summed E-state index contributed by atoms with van der Waals surface area (Å²) in [6.07, 6.45) is 0. The summed E-state index contributed by atoms with van der Waals surface area (Å²) < 4.78 is 5.05. The third kappa shape index (κ3) is 4.82. The quantitative estimate of drug-likeness (QED) is 0.182. The van der Waals surface area contributed by atoms with Gasteiger partial charge in [-0.05, 0) is 40.5 Å². The highest BCUT2D eigenvalue weighted by Gasteiger charge is 2.19. The van der Waals surface area contributed by atoms with Gasteiger partial charge < -0.3 is 0 Å². The first kappa shape index (κ1) is 29.0. The van der Waals surface area contributed by atoms with Crippen LogP contribution >= 0.6 is 22.7 Å². The molecule has 3 heterocycles. The van der Waals surface area contributed by atoms with Gasteiger partial charge in [-0.25, -0.2) is 15.0 Å². The third-order valence-corrected chi connectivity index (χ3v) is 11.8. The number of aromatic nitrogens is 3. The van der Waals surface area contributed by atoms with E-state index in [0.29, 0.717) is 17.5 Å². The molecule has 0 unspecified atom stereocenters. The average Bonchev–Trinajstić information content (AvgIpc) is 3.77.